The summed E-state index contributed by atoms with van der Waals surface area (Å²) in [5.74, 6) is -1.79. The molecule has 2 aliphatic heterocycles. The number of nitrogens with zero attached hydrogens (tertiary/aromatic N) is 2. The van der Waals surface area contributed by atoms with Gasteiger partial charge in [0, 0.05) is 11.3 Å². The Morgan fingerprint density at radius 3 is 2.49 bits per heavy atom. The first-order valence-corrected chi connectivity index (χ1v) is 13.0. The predicted molar refractivity (Wildman–Crippen MR) is 135 cm³/mol. The van der Waals surface area contributed by atoms with Crippen molar-refractivity contribution in [2.24, 2.45) is 0 Å². The molecule has 1 spiro atoms. The van der Waals surface area contributed by atoms with Gasteiger partial charge in [0.05, 0.1) is 24.4 Å². The number of hydrogen-bond acceptors (Lipinski definition) is 5. The lowest BCUT2D eigenvalue weighted by Gasteiger charge is -2.33. The number of carbonyl (C=O) groups is 2. The minimum Gasteiger partial charge on any atom is -0.495 e. The van der Waals surface area contributed by atoms with E-state index < -0.39 is 32.3 Å². The van der Waals surface area contributed by atoms with Gasteiger partial charge in [-0.15, -0.1) is 0 Å². The Morgan fingerprint density at radius 1 is 1.03 bits per heavy atom. The van der Waals surface area contributed by atoms with Gasteiger partial charge in [-0.1, -0.05) is 53.6 Å². The van der Waals surface area contributed by atoms with E-state index in [1.807, 2.05) is 32.0 Å². The average Bonchev–Trinajstić information content (AvgIpc) is 3.18. The lowest BCUT2D eigenvalue weighted by Crippen LogP contribution is -2.54. The maximum Gasteiger partial charge on any atom is 0.274 e. The van der Waals surface area contributed by atoms with Crippen molar-refractivity contribution in [1.29, 1.82) is 0 Å². The maximum absolute atomic E-state index is 14.2. The van der Waals surface area contributed by atoms with Crippen molar-refractivity contribution in [2.45, 2.75) is 25.3 Å². The zero-order valence-electron chi connectivity index (χ0n) is 19.4. The molecular formula is C26H23ClN2O5S. The largest absolute Gasteiger partial charge is 0.495 e. The van der Waals surface area contributed by atoms with Crippen LogP contribution in [0, 0.1) is 13.8 Å². The third-order valence-corrected chi connectivity index (χ3v) is 9.05. The third kappa shape index (κ3) is 3.27. The number of halogens is 1. The minimum atomic E-state index is -4.26. The molecule has 1 atom stereocenters. The highest BCUT2D eigenvalue weighted by atomic mass is 35.5. The molecule has 3 aromatic carbocycles. The number of rotatable bonds is 4. The highest BCUT2D eigenvalue weighted by Crippen LogP contribution is 2.53. The standard InChI is InChI=1S/C26H23ClN2O5S/c1-16-8-9-17(2)18(12-16)14-28-22-7-5-4-6-20(22)26(25(28)31)29(24(30)15-35(26,32)33)19-10-11-23(34-3)21(27)13-19/h4-13H,14-15H2,1-3H3/t26-/m1/s1. The summed E-state index contributed by atoms with van der Waals surface area (Å²) in [6.07, 6.45) is 0. The van der Waals surface area contributed by atoms with Crippen molar-refractivity contribution in [3.63, 3.8) is 0 Å². The number of anilines is 2. The average molecular weight is 511 g/mol. The van der Waals surface area contributed by atoms with Gasteiger partial charge in [0.1, 0.15) is 11.5 Å². The number of hydrogen-bond donors (Lipinski definition) is 0. The van der Waals surface area contributed by atoms with Gasteiger partial charge < -0.3 is 9.64 Å². The summed E-state index contributed by atoms with van der Waals surface area (Å²) in [5.41, 5.74) is 3.82. The molecular weight excluding hydrogens is 488 g/mol. The van der Waals surface area contributed by atoms with Gasteiger partial charge >= 0.3 is 0 Å². The summed E-state index contributed by atoms with van der Waals surface area (Å²) in [6, 6.07) is 17.2. The fourth-order valence-corrected chi connectivity index (χ4v) is 7.27. The Bertz CT molecular complexity index is 1500. The molecule has 1 saturated heterocycles. The molecule has 0 aromatic heterocycles. The number of fused-ring (bicyclic) bond motifs is 2. The van der Waals surface area contributed by atoms with Crippen LogP contribution in [0.5, 0.6) is 5.75 Å². The summed E-state index contributed by atoms with van der Waals surface area (Å²) in [6.45, 7) is 4.07. The molecule has 3 aromatic rings. The summed E-state index contributed by atoms with van der Waals surface area (Å²) in [7, 11) is -2.80. The quantitative estimate of drug-likeness (QED) is 0.527. The number of carbonyl (C=O) groups excluding carboxylic acids is 2. The van der Waals surface area contributed by atoms with Gasteiger partial charge in [0.25, 0.3) is 10.8 Å². The molecule has 0 unspecified atom stereocenters. The van der Waals surface area contributed by atoms with Crippen molar-refractivity contribution in [3.8, 4) is 5.75 Å². The molecule has 35 heavy (non-hydrogen) atoms. The van der Waals surface area contributed by atoms with Crippen LogP contribution < -0.4 is 14.5 Å². The molecule has 0 radical (unpaired) electrons. The van der Waals surface area contributed by atoms with E-state index in [0.717, 1.165) is 21.6 Å². The van der Waals surface area contributed by atoms with Crippen molar-refractivity contribution in [1.82, 2.24) is 0 Å². The second kappa shape index (κ2) is 8.10. The zero-order valence-corrected chi connectivity index (χ0v) is 21.0. The number of para-hydroxylation sites is 1. The van der Waals surface area contributed by atoms with E-state index in [0.29, 0.717) is 11.4 Å². The molecule has 0 N–H and O–H groups in total. The Balaban J connectivity index is 1.73. The zero-order chi connectivity index (χ0) is 25.1. The van der Waals surface area contributed by atoms with Crippen LogP contribution in [0.1, 0.15) is 22.3 Å². The topological polar surface area (TPSA) is 84.0 Å². The second-order valence-corrected chi connectivity index (χ2v) is 11.3. The number of ether oxygens (including phenoxy) is 1. The minimum absolute atomic E-state index is 0.173. The van der Waals surface area contributed by atoms with Crippen molar-refractivity contribution >= 4 is 44.6 Å². The molecule has 9 heteroatoms. The van der Waals surface area contributed by atoms with Crippen LogP contribution >= 0.6 is 11.6 Å². The number of sulfone groups is 1. The molecule has 180 valence electrons. The predicted octanol–water partition coefficient (Wildman–Crippen LogP) is 4.13. The fraction of sp³-hybridized carbons (Fsp3) is 0.231. The van der Waals surface area contributed by atoms with E-state index in [1.54, 1.807) is 30.3 Å². The molecule has 7 nitrogen and oxygen atoms in total. The van der Waals surface area contributed by atoms with E-state index in [4.69, 9.17) is 16.3 Å². The molecule has 1 fully saturated rings. The van der Waals surface area contributed by atoms with Gasteiger partial charge in [-0.3, -0.25) is 14.5 Å². The van der Waals surface area contributed by atoms with Gasteiger partial charge in [-0.2, -0.15) is 0 Å². The van der Waals surface area contributed by atoms with Gasteiger partial charge in [0.15, 0.2) is 9.84 Å². The third-order valence-electron chi connectivity index (χ3n) is 6.65. The number of methoxy groups -OCH3 is 1. The van der Waals surface area contributed by atoms with E-state index in [1.165, 1.54) is 24.1 Å². The van der Waals surface area contributed by atoms with E-state index >= 15 is 0 Å². The van der Waals surface area contributed by atoms with Crippen LogP contribution in [0.2, 0.25) is 5.02 Å². The summed E-state index contributed by atoms with van der Waals surface area (Å²) in [4.78, 5) is 27.8. The summed E-state index contributed by atoms with van der Waals surface area (Å²) < 4.78 is 32.6. The van der Waals surface area contributed by atoms with Crippen LogP contribution in [0.15, 0.2) is 60.7 Å². The Hall–Kier alpha value is -3.36. The lowest BCUT2D eigenvalue weighted by molar-refractivity contribution is -0.123. The molecule has 0 saturated carbocycles. The van der Waals surface area contributed by atoms with E-state index in [2.05, 4.69) is 0 Å². The normalized spacial score (nSPS) is 20.6. The maximum atomic E-state index is 14.2. The van der Waals surface area contributed by atoms with Crippen molar-refractivity contribution in [3.05, 3.63) is 87.9 Å². The van der Waals surface area contributed by atoms with Gasteiger partial charge in [-0.05, 0) is 49.2 Å². The van der Waals surface area contributed by atoms with Crippen LogP contribution in [0.25, 0.3) is 0 Å². The van der Waals surface area contributed by atoms with Crippen LogP contribution in [-0.4, -0.2) is 33.1 Å². The smallest absolute Gasteiger partial charge is 0.274 e. The van der Waals surface area contributed by atoms with Crippen LogP contribution in [-0.2, 0) is 30.8 Å². The lowest BCUT2D eigenvalue weighted by atomic mass is 10.0. The molecule has 2 aliphatic rings. The van der Waals surface area contributed by atoms with Crippen LogP contribution in [0.3, 0.4) is 0 Å². The number of amides is 2. The Kier molecular flexibility index (Phi) is 5.41. The van der Waals surface area contributed by atoms with Gasteiger partial charge in [-0.25, -0.2) is 8.42 Å². The highest BCUT2D eigenvalue weighted by Gasteiger charge is 2.69. The molecule has 2 heterocycles. The van der Waals surface area contributed by atoms with Gasteiger partial charge in [0.2, 0.25) is 5.91 Å². The Labute approximate surface area is 208 Å². The van der Waals surface area contributed by atoms with Crippen molar-refractivity contribution in [2.75, 3.05) is 22.7 Å². The molecule has 0 bridgehead atoms. The highest BCUT2D eigenvalue weighted by molar-refractivity contribution is 7.94. The summed E-state index contributed by atoms with van der Waals surface area (Å²) in [5, 5.41) is 0.197. The first kappa shape index (κ1) is 23.4. The van der Waals surface area contributed by atoms with Crippen LogP contribution in [0.4, 0.5) is 11.4 Å². The summed E-state index contributed by atoms with van der Waals surface area (Å²) >= 11 is 6.32. The van der Waals surface area contributed by atoms with E-state index in [9.17, 15) is 18.0 Å². The van der Waals surface area contributed by atoms with E-state index in [-0.39, 0.29) is 22.8 Å². The Morgan fingerprint density at radius 2 is 1.77 bits per heavy atom. The second-order valence-electron chi connectivity index (χ2n) is 8.79. The fourth-order valence-electron chi connectivity index (χ4n) is 4.98. The molecule has 2 amide bonds. The monoisotopic (exact) mass is 510 g/mol. The number of benzene rings is 3. The van der Waals surface area contributed by atoms with Crippen molar-refractivity contribution < 1.29 is 22.7 Å². The first-order valence-electron chi connectivity index (χ1n) is 11.0. The molecule has 5 rings (SSSR count). The first-order chi connectivity index (χ1) is 16.6. The molecule has 0 aliphatic carbocycles. The number of aryl methyl sites for hydroxylation is 2. The SMILES string of the molecule is COc1ccc(N2C(=O)CS(=O)(=O)[C@]23C(=O)N(Cc2cc(C)ccc2C)c2ccccc23)cc1Cl.